The number of nitrogens with two attached hydrogens (primary N) is 1. The fourth-order valence-electron chi connectivity index (χ4n) is 1.28. The van der Waals surface area contributed by atoms with Gasteiger partial charge in [-0.25, -0.2) is 0 Å². The number of phenols is 1. The van der Waals surface area contributed by atoms with Gasteiger partial charge in [0.2, 0.25) is 0 Å². The van der Waals surface area contributed by atoms with Gasteiger partial charge in [-0.2, -0.15) is 0 Å². The van der Waals surface area contributed by atoms with Crippen LogP contribution in [0.4, 0.5) is 0 Å². The topological polar surface area (TPSA) is 83.6 Å². The molecule has 0 aliphatic carbocycles. The van der Waals surface area contributed by atoms with Gasteiger partial charge in [0.15, 0.2) is 0 Å². The van der Waals surface area contributed by atoms with Crippen LogP contribution < -0.4 is 5.73 Å². The molecule has 0 heterocycles. The average molecular weight is 195 g/mol. The molecule has 0 aliphatic heterocycles. The molecule has 1 rings (SSSR count). The molecule has 0 amide bonds. The van der Waals surface area contributed by atoms with Crippen molar-refractivity contribution in [3.05, 3.63) is 29.3 Å². The largest absolute Gasteiger partial charge is 0.508 e. The number of rotatable bonds is 4. The SMILES string of the molecule is NCCc1cc(CC(=O)O)ccc1O. The third-order valence-corrected chi connectivity index (χ3v) is 1.91. The molecule has 0 aliphatic rings. The second-order valence-corrected chi connectivity index (χ2v) is 3.07. The Bertz CT molecular complexity index is 336. The van der Waals surface area contributed by atoms with E-state index in [2.05, 4.69) is 0 Å². The molecule has 0 saturated carbocycles. The Labute approximate surface area is 82.0 Å². The van der Waals surface area contributed by atoms with E-state index in [1.54, 1.807) is 12.1 Å². The van der Waals surface area contributed by atoms with E-state index in [0.717, 1.165) is 0 Å². The van der Waals surface area contributed by atoms with Gasteiger partial charge in [0.25, 0.3) is 0 Å². The lowest BCUT2D eigenvalue weighted by molar-refractivity contribution is -0.136. The maximum atomic E-state index is 10.4. The first-order valence-electron chi connectivity index (χ1n) is 4.36. The van der Waals surface area contributed by atoms with Gasteiger partial charge in [0.1, 0.15) is 5.75 Å². The lowest BCUT2D eigenvalue weighted by Crippen LogP contribution is -2.05. The van der Waals surface area contributed by atoms with E-state index in [1.807, 2.05) is 0 Å². The Morgan fingerprint density at radius 1 is 1.43 bits per heavy atom. The van der Waals surface area contributed by atoms with Crippen LogP contribution in [0, 0.1) is 0 Å². The summed E-state index contributed by atoms with van der Waals surface area (Å²) < 4.78 is 0. The van der Waals surface area contributed by atoms with Crippen molar-refractivity contribution in [3.8, 4) is 5.75 Å². The van der Waals surface area contributed by atoms with Crippen LogP contribution in [-0.2, 0) is 17.6 Å². The van der Waals surface area contributed by atoms with Crippen molar-refractivity contribution in [2.24, 2.45) is 5.73 Å². The number of carboxylic acids is 1. The lowest BCUT2D eigenvalue weighted by Gasteiger charge is -2.05. The Kier molecular flexibility index (Phi) is 3.48. The minimum absolute atomic E-state index is 0.0299. The summed E-state index contributed by atoms with van der Waals surface area (Å²) in [5.41, 5.74) is 6.73. The van der Waals surface area contributed by atoms with Crippen molar-refractivity contribution in [2.45, 2.75) is 12.8 Å². The summed E-state index contributed by atoms with van der Waals surface area (Å²) in [6.45, 7) is 0.435. The third kappa shape index (κ3) is 2.74. The minimum Gasteiger partial charge on any atom is -0.508 e. The Morgan fingerprint density at radius 2 is 2.14 bits per heavy atom. The van der Waals surface area contributed by atoms with Crippen LogP contribution in [0.5, 0.6) is 5.75 Å². The number of hydrogen-bond acceptors (Lipinski definition) is 3. The standard InChI is InChI=1S/C10H13NO3/c11-4-3-8-5-7(6-10(13)14)1-2-9(8)12/h1-2,5,12H,3-4,6,11H2,(H,13,14). The van der Waals surface area contributed by atoms with Gasteiger partial charge in [0, 0.05) is 0 Å². The fraction of sp³-hybridized carbons (Fsp3) is 0.300. The molecule has 4 N–H and O–H groups in total. The van der Waals surface area contributed by atoms with Gasteiger partial charge in [-0.15, -0.1) is 0 Å². The zero-order valence-electron chi connectivity index (χ0n) is 7.73. The normalized spacial score (nSPS) is 10.1. The van der Waals surface area contributed by atoms with Crippen LogP contribution in [0.2, 0.25) is 0 Å². The predicted molar refractivity (Wildman–Crippen MR) is 52.2 cm³/mol. The molecule has 0 aromatic heterocycles. The van der Waals surface area contributed by atoms with Crippen molar-refractivity contribution in [3.63, 3.8) is 0 Å². The molecule has 0 bridgehead atoms. The molecule has 14 heavy (non-hydrogen) atoms. The van der Waals surface area contributed by atoms with Crippen LogP contribution >= 0.6 is 0 Å². The summed E-state index contributed by atoms with van der Waals surface area (Å²) >= 11 is 0. The molecular formula is C10H13NO3. The molecular weight excluding hydrogens is 182 g/mol. The van der Waals surface area contributed by atoms with E-state index >= 15 is 0 Å². The number of carbonyl (C=O) groups is 1. The number of aliphatic carboxylic acids is 1. The van der Waals surface area contributed by atoms with Gasteiger partial charge >= 0.3 is 5.97 Å². The Balaban J connectivity index is 2.88. The zero-order valence-corrected chi connectivity index (χ0v) is 7.73. The summed E-state index contributed by atoms with van der Waals surface area (Å²) in [5, 5.41) is 18.0. The molecule has 0 unspecified atom stereocenters. The monoisotopic (exact) mass is 195 g/mol. The van der Waals surface area contributed by atoms with E-state index in [-0.39, 0.29) is 12.2 Å². The molecule has 4 heteroatoms. The van der Waals surface area contributed by atoms with Crippen molar-refractivity contribution in [1.82, 2.24) is 0 Å². The highest BCUT2D eigenvalue weighted by atomic mass is 16.4. The molecule has 0 radical (unpaired) electrons. The summed E-state index contributed by atoms with van der Waals surface area (Å²) in [6, 6.07) is 4.78. The highest BCUT2D eigenvalue weighted by Crippen LogP contribution is 2.18. The maximum Gasteiger partial charge on any atom is 0.307 e. The summed E-state index contributed by atoms with van der Waals surface area (Å²) in [6.07, 6.45) is 0.525. The molecule has 1 aromatic rings. The average Bonchev–Trinajstić information content (AvgIpc) is 2.10. The van der Waals surface area contributed by atoms with Crippen LogP contribution in [0.25, 0.3) is 0 Å². The Hall–Kier alpha value is -1.55. The highest BCUT2D eigenvalue weighted by molar-refractivity contribution is 5.70. The number of hydrogen-bond donors (Lipinski definition) is 3. The van der Waals surface area contributed by atoms with Gasteiger partial charge in [-0.05, 0) is 30.2 Å². The van der Waals surface area contributed by atoms with Crippen molar-refractivity contribution < 1.29 is 15.0 Å². The van der Waals surface area contributed by atoms with Gasteiger partial charge in [0.05, 0.1) is 6.42 Å². The van der Waals surface area contributed by atoms with Gasteiger partial charge in [-0.1, -0.05) is 12.1 Å². The van der Waals surface area contributed by atoms with Gasteiger partial charge < -0.3 is 15.9 Å². The van der Waals surface area contributed by atoms with Crippen molar-refractivity contribution in [2.75, 3.05) is 6.54 Å². The fourth-order valence-corrected chi connectivity index (χ4v) is 1.28. The number of benzene rings is 1. The first-order chi connectivity index (χ1) is 6.63. The number of aromatic hydroxyl groups is 1. The van der Waals surface area contributed by atoms with Gasteiger partial charge in [-0.3, -0.25) is 4.79 Å². The highest BCUT2D eigenvalue weighted by Gasteiger charge is 2.04. The smallest absolute Gasteiger partial charge is 0.307 e. The molecule has 4 nitrogen and oxygen atoms in total. The van der Waals surface area contributed by atoms with Crippen LogP contribution in [0.3, 0.4) is 0 Å². The first kappa shape index (κ1) is 10.5. The maximum absolute atomic E-state index is 10.4. The van der Waals surface area contributed by atoms with Crippen molar-refractivity contribution >= 4 is 5.97 Å². The summed E-state index contributed by atoms with van der Waals surface area (Å²) in [4.78, 5) is 10.4. The van der Waals surface area contributed by atoms with E-state index in [1.165, 1.54) is 6.07 Å². The number of phenolic OH excluding ortho intramolecular Hbond substituents is 1. The molecule has 0 spiro atoms. The molecule has 0 saturated heterocycles. The molecule has 0 atom stereocenters. The lowest BCUT2D eigenvalue weighted by atomic mass is 10.0. The minimum atomic E-state index is -0.880. The van der Waals surface area contributed by atoms with E-state index < -0.39 is 5.97 Å². The van der Waals surface area contributed by atoms with Crippen LogP contribution in [-0.4, -0.2) is 22.7 Å². The summed E-state index contributed by atoms with van der Waals surface area (Å²) in [5.74, 6) is -0.709. The summed E-state index contributed by atoms with van der Waals surface area (Å²) in [7, 11) is 0. The van der Waals surface area contributed by atoms with E-state index in [9.17, 15) is 9.90 Å². The van der Waals surface area contributed by atoms with Crippen LogP contribution in [0.15, 0.2) is 18.2 Å². The Morgan fingerprint density at radius 3 is 2.71 bits per heavy atom. The quantitative estimate of drug-likeness (QED) is 0.654. The number of carboxylic acid groups (broad SMARTS) is 1. The second kappa shape index (κ2) is 4.62. The van der Waals surface area contributed by atoms with Crippen molar-refractivity contribution in [1.29, 1.82) is 0 Å². The third-order valence-electron chi connectivity index (χ3n) is 1.91. The first-order valence-corrected chi connectivity index (χ1v) is 4.36. The van der Waals surface area contributed by atoms with E-state index in [0.29, 0.717) is 24.1 Å². The molecule has 0 fully saturated rings. The van der Waals surface area contributed by atoms with Crippen LogP contribution in [0.1, 0.15) is 11.1 Å². The second-order valence-electron chi connectivity index (χ2n) is 3.07. The molecule has 1 aromatic carbocycles. The van der Waals surface area contributed by atoms with E-state index in [4.69, 9.17) is 10.8 Å². The molecule has 76 valence electrons. The predicted octanol–water partition coefficient (Wildman–Crippen LogP) is 0.520. The zero-order chi connectivity index (χ0) is 10.6.